The Morgan fingerprint density at radius 2 is 1.88 bits per heavy atom. The lowest BCUT2D eigenvalue weighted by Gasteiger charge is -2.32. The number of aromatic nitrogens is 5. The molecule has 1 saturated heterocycles. The molecule has 0 atom stereocenters. The van der Waals surface area contributed by atoms with E-state index < -0.39 is 0 Å². The van der Waals surface area contributed by atoms with Crippen LogP contribution in [0.25, 0.3) is 27.8 Å². The fraction of sp³-hybridized carbons (Fsp3) is 0.333. The number of fused-ring (bicyclic) bond motifs is 2. The maximum atomic E-state index is 13.8. The minimum atomic E-state index is -0.326. The van der Waals surface area contributed by atoms with Gasteiger partial charge in [0, 0.05) is 69.2 Å². The number of hydrogen-bond acceptors (Lipinski definition) is 8. The summed E-state index contributed by atoms with van der Waals surface area (Å²) in [6.45, 7) is 6.88. The minimum Gasteiger partial charge on any atom is -0.492 e. The van der Waals surface area contributed by atoms with Crippen molar-refractivity contribution in [1.29, 1.82) is 0 Å². The molecule has 0 unspecified atom stereocenters. The van der Waals surface area contributed by atoms with Gasteiger partial charge in [-0.25, -0.2) is 14.1 Å². The zero-order valence-corrected chi connectivity index (χ0v) is 23.0. The molecular formula is C30H33FN8O2. The molecule has 1 N–H and O–H groups in total. The van der Waals surface area contributed by atoms with E-state index in [1.165, 1.54) is 22.9 Å². The van der Waals surface area contributed by atoms with Crippen LogP contribution in [-0.2, 0) is 6.54 Å². The van der Waals surface area contributed by atoms with Crippen LogP contribution in [0.1, 0.15) is 6.42 Å². The molecule has 0 spiro atoms. The van der Waals surface area contributed by atoms with Gasteiger partial charge in [-0.1, -0.05) is 0 Å². The molecule has 5 heterocycles. The van der Waals surface area contributed by atoms with Gasteiger partial charge in [-0.3, -0.25) is 14.3 Å². The Morgan fingerprint density at radius 1 is 1.00 bits per heavy atom. The summed E-state index contributed by atoms with van der Waals surface area (Å²) in [5.74, 6) is 0.913. The molecule has 0 aliphatic carbocycles. The van der Waals surface area contributed by atoms with E-state index in [9.17, 15) is 9.18 Å². The summed E-state index contributed by atoms with van der Waals surface area (Å²) in [5, 5.41) is 8.77. The van der Waals surface area contributed by atoms with Crippen LogP contribution < -0.4 is 15.6 Å². The van der Waals surface area contributed by atoms with Gasteiger partial charge < -0.3 is 19.9 Å². The minimum absolute atomic E-state index is 0.217. The van der Waals surface area contributed by atoms with E-state index in [1.54, 1.807) is 29.1 Å². The van der Waals surface area contributed by atoms with Crippen LogP contribution >= 0.6 is 0 Å². The second-order valence-corrected chi connectivity index (χ2v) is 10.3. The number of benzene rings is 1. The third kappa shape index (κ3) is 6.21. The highest BCUT2D eigenvalue weighted by Gasteiger charge is 2.13. The summed E-state index contributed by atoms with van der Waals surface area (Å²) >= 11 is 0. The summed E-state index contributed by atoms with van der Waals surface area (Å²) in [5.41, 5.74) is 2.74. The zero-order chi connectivity index (χ0) is 28.2. The molecule has 11 heteroatoms. The van der Waals surface area contributed by atoms with Crippen molar-refractivity contribution in [1.82, 2.24) is 34.1 Å². The normalized spacial score (nSPS) is 14.6. The van der Waals surface area contributed by atoms with Gasteiger partial charge >= 0.3 is 0 Å². The molecule has 0 saturated carbocycles. The van der Waals surface area contributed by atoms with Gasteiger partial charge in [-0.05, 0) is 49.9 Å². The first-order chi connectivity index (χ1) is 20.0. The molecular weight excluding hydrogens is 523 g/mol. The van der Waals surface area contributed by atoms with E-state index in [0.717, 1.165) is 61.3 Å². The number of likely N-dealkylation sites (N-methyl/N-ethyl adjacent to an activating group) is 1. The maximum Gasteiger partial charge on any atom is 0.266 e. The topological polar surface area (TPSA) is 93.3 Å². The van der Waals surface area contributed by atoms with Crippen LogP contribution in [0.5, 0.6) is 5.75 Å². The predicted molar refractivity (Wildman–Crippen MR) is 157 cm³/mol. The number of nitrogens with one attached hydrogen (secondary N) is 1. The Hall–Kier alpha value is -4.35. The molecule has 1 aromatic carbocycles. The fourth-order valence-corrected chi connectivity index (χ4v) is 5.11. The predicted octanol–water partition coefficient (Wildman–Crippen LogP) is 3.40. The average molecular weight is 557 g/mol. The summed E-state index contributed by atoms with van der Waals surface area (Å²) in [4.78, 5) is 26.4. The van der Waals surface area contributed by atoms with Crippen molar-refractivity contribution in [3.8, 4) is 11.6 Å². The molecule has 1 aliphatic rings. The Balaban J connectivity index is 1.07. The van der Waals surface area contributed by atoms with Crippen molar-refractivity contribution in [2.75, 3.05) is 58.2 Å². The third-order valence-corrected chi connectivity index (χ3v) is 7.43. The van der Waals surface area contributed by atoms with Crippen LogP contribution in [0, 0.1) is 5.82 Å². The molecule has 5 aromatic rings. The highest BCUT2D eigenvalue weighted by molar-refractivity contribution is 5.87. The molecule has 0 bridgehead atoms. The number of halogens is 1. The molecule has 6 rings (SSSR count). The summed E-state index contributed by atoms with van der Waals surface area (Å²) in [6, 6.07) is 13.4. The monoisotopic (exact) mass is 556 g/mol. The average Bonchev–Trinajstić information content (AvgIpc) is 3.40. The number of nitrogens with zero attached hydrogens (tertiary/aromatic N) is 7. The summed E-state index contributed by atoms with van der Waals surface area (Å²) in [6.07, 6.45) is 6.23. The van der Waals surface area contributed by atoms with Crippen LogP contribution in [0.4, 0.5) is 10.1 Å². The summed E-state index contributed by atoms with van der Waals surface area (Å²) in [7, 11) is 2.16. The Labute approximate surface area is 237 Å². The molecule has 0 amide bonds. The second kappa shape index (κ2) is 12.0. The van der Waals surface area contributed by atoms with Crippen molar-refractivity contribution in [3.05, 3.63) is 83.3 Å². The summed E-state index contributed by atoms with van der Waals surface area (Å²) < 4.78 is 23.0. The Bertz CT molecular complexity index is 1710. The standard InChI is InChI=1S/C30H33FN8O2/c1-36-14-16-37(17-15-36)11-2-18-41-24-20-26-30(34-21-24)25(7-9-32-26)33-10-13-39-29(40)6-5-28(35-39)38-12-8-22-3-4-23(31)19-27(22)38/h3-9,12,19-21H,2,10-11,13-18H2,1H3,(H,32,33). The number of ether oxygens (including phenoxy) is 1. The first-order valence-corrected chi connectivity index (χ1v) is 13.9. The van der Waals surface area contributed by atoms with E-state index in [4.69, 9.17) is 4.74 Å². The SMILES string of the molecule is CN1CCN(CCCOc2cnc3c(NCCn4nc(-n5ccc6ccc(F)cc65)ccc4=O)ccnc3c2)CC1. The van der Waals surface area contributed by atoms with Crippen molar-refractivity contribution < 1.29 is 9.13 Å². The van der Waals surface area contributed by atoms with Crippen molar-refractivity contribution in [2.45, 2.75) is 13.0 Å². The molecule has 4 aromatic heterocycles. The van der Waals surface area contributed by atoms with Gasteiger partial charge in [0.2, 0.25) is 0 Å². The second-order valence-electron chi connectivity index (χ2n) is 10.3. The number of piperazine rings is 1. The smallest absolute Gasteiger partial charge is 0.266 e. The molecule has 1 aliphatic heterocycles. The number of hydrogen-bond donors (Lipinski definition) is 1. The first kappa shape index (κ1) is 26.9. The zero-order valence-electron chi connectivity index (χ0n) is 23.0. The van der Waals surface area contributed by atoms with E-state index in [1.807, 2.05) is 24.4 Å². The fourth-order valence-electron chi connectivity index (χ4n) is 5.11. The van der Waals surface area contributed by atoms with E-state index in [2.05, 4.69) is 37.2 Å². The van der Waals surface area contributed by atoms with Gasteiger partial charge in [0.15, 0.2) is 5.82 Å². The van der Waals surface area contributed by atoms with Crippen molar-refractivity contribution >= 4 is 27.6 Å². The van der Waals surface area contributed by atoms with Crippen molar-refractivity contribution in [3.63, 3.8) is 0 Å². The van der Waals surface area contributed by atoms with Crippen molar-refractivity contribution in [2.24, 2.45) is 0 Å². The van der Waals surface area contributed by atoms with Gasteiger partial charge in [0.25, 0.3) is 5.56 Å². The van der Waals surface area contributed by atoms with Crippen LogP contribution in [0.2, 0.25) is 0 Å². The maximum absolute atomic E-state index is 13.8. The lowest BCUT2D eigenvalue weighted by molar-refractivity contribution is 0.145. The Morgan fingerprint density at radius 3 is 2.76 bits per heavy atom. The Kier molecular flexibility index (Phi) is 7.88. The van der Waals surface area contributed by atoms with E-state index in [0.29, 0.717) is 36.8 Å². The molecule has 41 heavy (non-hydrogen) atoms. The third-order valence-electron chi connectivity index (χ3n) is 7.43. The van der Waals surface area contributed by atoms with Gasteiger partial charge in [0.05, 0.1) is 36.1 Å². The lowest BCUT2D eigenvalue weighted by Crippen LogP contribution is -2.44. The molecule has 10 nitrogen and oxygen atoms in total. The lowest BCUT2D eigenvalue weighted by atomic mass is 10.2. The van der Waals surface area contributed by atoms with Crippen LogP contribution in [-0.4, -0.2) is 87.0 Å². The number of pyridine rings is 2. The highest BCUT2D eigenvalue weighted by atomic mass is 19.1. The number of anilines is 1. The number of rotatable bonds is 10. The van der Waals surface area contributed by atoms with Gasteiger partial charge in [-0.15, -0.1) is 0 Å². The van der Waals surface area contributed by atoms with Gasteiger partial charge in [-0.2, -0.15) is 5.10 Å². The highest BCUT2D eigenvalue weighted by Crippen LogP contribution is 2.23. The van der Waals surface area contributed by atoms with E-state index >= 15 is 0 Å². The first-order valence-electron chi connectivity index (χ1n) is 13.9. The van der Waals surface area contributed by atoms with E-state index in [-0.39, 0.29) is 11.4 Å². The molecule has 212 valence electrons. The quantitative estimate of drug-likeness (QED) is 0.262. The van der Waals surface area contributed by atoms with Gasteiger partial charge in [0.1, 0.15) is 17.1 Å². The van der Waals surface area contributed by atoms with Crippen LogP contribution in [0.15, 0.2) is 71.9 Å². The molecule has 0 radical (unpaired) electrons. The molecule has 1 fully saturated rings. The van der Waals surface area contributed by atoms with Crippen LogP contribution in [0.3, 0.4) is 0 Å². The largest absolute Gasteiger partial charge is 0.492 e.